The molecule has 1 nitrogen and oxygen atoms in total. The van der Waals surface area contributed by atoms with Crippen molar-refractivity contribution in [1.29, 1.82) is 0 Å². The second-order valence-corrected chi connectivity index (χ2v) is 4.10. The van der Waals surface area contributed by atoms with Gasteiger partial charge in [0.1, 0.15) is 11.5 Å². The Kier molecular flexibility index (Phi) is 1.89. The lowest BCUT2D eigenvalue weighted by Gasteiger charge is -1.97. The van der Waals surface area contributed by atoms with Gasteiger partial charge < -0.3 is 4.55 Å². The van der Waals surface area contributed by atoms with Crippen LogP contribution in [0.15, 0.2) is 0 Å². The number of hydrogen-bond acceptors (Lipinski definition) is 2. The molecule has 0 unspecified atom stereocenters. The SMILES string of the molecule is [O-][S@+]1CC[C@H](S)C1. The molecule has 0 spiro atoms. The molecule has 42 valence electrons. The van der Waals surface area contributed by atoms with Crippen LogP contribution in [0, 0.1) is 0 Å². The van der Waals surface area contributed by atoms with Gasteiger partial charge in [-0.3, -0.25) is 0 Å². The van der Waals surface area contributed by atoms with Crippen LogP contribution >= 0.6 is 12.6 Å². The molecule has 0 aromatic rings. The summed E-state index contributed by atoms with van der Waals surface area (Å²) in [5, 5.41) is 0.417. The molecule has 2 atom stereocenters. The molecule has 0 aromatic heterocycles. The quantitative estimate of drug-likeness (QED) is 0.379. The van der Waals surface area contributed by atoms with Crippen LogP contribution in [0.1, 0.15) is 6.42 Å². The van der Waals surface area contributed by atoms with E-state index >= 15 is 0 Å². The molecule has 1 heterocycles. The lowest BCUT2D eigenvalue weighted by Crippen LogP contribution is -2.03. The third-order valence-corrected chi connectivity index (χ3v) is 3.21. The zero-order chi connectivity index (χ0) is 5.28. The van der Waals surface area contributed by atoms with Gasteiger partial charge in [0, 0.05) is 6.42 Å². The third-order valence-electron chi connectivity index (χ3n) is 1.06. The lowest BCUT2D eigenvalue weighted by molar-refractivity contribution is 0.601. The predicted molar refractivity (Wildman–Crippen MR) is 35.3 cm³/mol. The van der Waals surface area contributed by atoms with E-state index < -0.39 is 11.2 Å². The standard InChI is InChI=1S/C4H8OS2/c5-7-2-1-4(6)3-7/h4,6H,1-3H2/t4-,7+/m0/s1. The van der Waals surface area contributed by atoms with Crippen molar-refractivity contribution >= 4 is 23.8 Å². The van der Waals surface area contributed by atoms with Gasteiger partial charge in [-0.2, -0.15) is 12.6 Å². The van der Waals surface area contributed by atoms with Crippen molar-refractivity contribution in [3.8, 4) is 0 Å². The van der Waals surface area contributed by atoms with Crippen LogP contribution in [0.5, 0.6) is 0 Å². The van der Waals surface area contributed by atoms with Crippen molar-refractivity contribution in [2.75, 3.05) is 11.5 Å². The molecule has 1 saturated heterocycles. The second kappa shape index (κ2) is 2.29. The monoisotopic (exact) mass is 136 g/mol. The Morgan fingerprint density at radius 2 is 2.43 bits per heavy atom. The van der Waals surface area contributed by atoms with Crippen molar-refractivity contribution in [2.24, 2.45) is 0 Å². The van der Waals surface area contributed by atoms with Gasteiger partial charge >= 0.3 is 0 Å². The van der Waals surface area contributed by atoms with E-state index in [1.807, 2.05) is 0 Å². The van der Waals surface area contributed by atoms with E-state index in [0.717, 1.165) is 17.9 Å². The molecule has 0 bridgehead atoms. The molecular formula is C4H8OS2. The maximum Gasteiger partial charge on any atom is 0.117 e. The van der Waals surface area contributed by atoms with E-state index in [-0.39, 0.29) is 0 Å². The Labute approximate surface area is 52.1 Å². The minimum Gasteiger partial charge on any atom is -0.616 e. The molecule has 0 amide bonds. The maximum atomic E-state index is 10.5. The highest BCUT2D eigenvalue weighted by molar-refractivity contribution is 7.93. The first kappa shape index (κ1) is 5.79. The zero-order valence-corrected chi connectivity index (χ0v) is 5.67. The fourth-order valence-electron chi connectivity index (χ4n) is 0.649. The van der Waals surface area contributed by atoms with Crippen LogP contribution in [0.4, 0.5) is 0 Å². The summed E-state index contributed by atoms with van der Waals surface area (Å²) in [6, 6.07) is 0. The molecule has 0 saturated carbocycles. The number of hydrogen-bond donors (Lipinski definition) is 1. The summed E-state index contributed by atoms with van der Waals surface area (Å²) >= 11 is 3.63. The van der Waals surface area contributed by atoms with Crippen molar-refractivity contribution < 1.29 is 4.55 Å². The Morgan fingerprint density at radius 1 is 1.71 bits per heavy atom. The molecule has 0 aromatic carbocycles. The van der Waals surface area contributed by atoms with Gasteiger partial charge in [-0.05, 0) is 0 Å². The van der Waals surface area contributed by atoms with Crippen LogP contribution in [0.3, 0.4) is 0 Å². The molecule has 1 fully saturated rings. The van der Waals surface area contributed by atoms with Gasteiger partial charge in [-0.1, -0.05) is 11.2 Å². The summed E-state index contributed by atoms with van der Waals surface area (Å²) in [6.07, 6.45) is 1.04. The van der Waals surface area contributed by atoms with Crippen LogP contribution in [0.25, 0.3) is 0 Å². The summed E-state index contributed by atoms with van der Waals surface area (Å²) in [5.74, 6) is 1.68. The fourth-order valence-corrected chi connectivity index (χ4v) is 2.76. The Morgan fingerprint density at radius 3 is 2.57 bits per heavy atom. The maximum absolute atomic E-state index is 10.5. The fraction of sp³-hybridized carbons (Fsp3) is 1.00. The van der Waals surface area contributed by atoms with Gasteiger partial charge in [-0.25, -0.2) is 0 Å². The third kappa shape index (κ3) is 1.55. The molecule has 1 aliphatic heterocycles. The molecule has 3 heteroatoms. The first-order valence-electron chi connectivity index (χ1n) is 2.32. The van der Waals surface area contributed by atoms with Crippen molar-refractivity contribution in [3.63, 3.8) is 0 Å². The van der Waals surface area contributed by atoms with Crippen molar-refractivity contribution in [3.05, 3.63) is 0 Å². The molecule has 1 rings (SSSR count). The van der Waals surface area contributed by atoms with Crippen LogP contribution in [0.2, 0.25) is 0 Å². The van der Waals surface area contributed by atoms with Crippen molar-refractivity contribution in [1.82, 2.24) is 0 Å². The van der Waals surface area contributed by atoms with E-state index in [9.17, 15) is 4.55 Å². The van der Waals surface area contributed by atoms with Crippen LogP contribution in [-0.4, -0.2) is 21.3 Å². The van der Waals surface area contributed by atoms with E-state index in [1.165, 1.54) is 0 Å². The summed E-state index contributed by atoms with van der Waals surface area (Å²) in [4.78, 5) is 0. The smallest absolute Gasteiger partial charge is 0.117 e. The molecule has 7 heavy (non-hydrogen) atoms. The number of rotatable bonds is 0. The Bertz CT molecular complexity index is 58.7. The van der Waals surface area contributed by atoms with E-state index in [1.54, 1.807) is 0 Å². The van der Waals surface area contributed by atoms with Gasteiger partial charge in [-0.15, -0.1) is 0 Å². The van der Waals surface area contributed by atoms with E-state index in [0.29, 0.717) is 5.25 Å². The zero-order valence-electron chi connectivity index (χ0n) is 3.96. The summed E-state index contributed by atoms with van der Waals surface area (Å²) in [5.41, 5.74) is 0. The molecule has 0 N–H and O–H groups in total. The average molecular weight is 136 g/mol. The highest BCUT2D eigenvalue weighted by Gasteiger charge is 2.21. The highest BCUT2D eigenvalue weighted by Crippen LogP contribution is 2.15. The van der Waals surface area contributed by atoms with Gasteiger partial charge in [0.25, 0.3) is 0 Å². The number of thiol groups is 1. The minimum absolute atomic E-state index is 0.417. The largest absolute Gasteiger partial charge is 0.616 e. The van der Waals surface area contributed by atoms with Gasteiger partial charge in [0.15, 0.2) is 0 Å². The summed E-state index contributed by atoms with van der Waals surface area (Å²) in [7, 11) is 0. The Balaban J connectivity index is 2.26. The Hall–Kier alpha value is 0.660. The molecule has 0 aliphatic carbocycles. The van der Waals surface area contributed by atoms with Crippen LogP contribution in [-0.2, 0) is 11.2 Å². The van der Waals surface area contributed by atoms with E-state index in [2.05, 4.69) is 12.6 Å². The van der Waals surface area contributed by atoms with Crippen LogP contribution < -0.4 is 0 Å². The molecule has 1 aliphatic rings. The predicted octanol–water partition coefficient (Wildman–Crippen LogP) is 0.437. The van der Waals surface area contributed by atoms with Gasteiger partial charge in [0.05, 0.1) is 5.25 Å². The average Bonchev–Trinajstić information content (AvgIpc) is 1.87. The molecular weight excluding hydrogens is 128 g/mol. The summed E-state index contributed by atoms with van der Waals surface area (Å²) in [6.45, 7) is 0. The highest BCUT2D eigenvalue weighted by atomic mass is 32.2. The van der Waals surface area contributed by atoms with Gasteiger partial charge in [0.2, 0.25) is 0 Å². The summed E-state index contributed by atoms with van der Waals surface area (Å²) < 4.78 is 10.5. The lowest BCUT2D eigenvalue weighted by atomic mass is 10.4. The van der Waals surface area contributed by atoms with Crippen molar-refractivity contribution in [2.45, 2.75) is 11.7 Å². The minimum atomic E-state index is -0.529. The first-order chi connectivity index (χ1) is 3.29. The first-order valence-corrected chi connectivity index (χ1v) is 4.32. The normalized spacial score (nSPS) is 42.0. The second-order valence-electron chi connectivity index (χ2n) is 1.75. The molecule has 0 radical (unpaired) electrons. The van der Waals surface area contributed by atoms with E-state index in [4.69, 9.17) is 0 Å². The topological polar surface area (TPSA) is 23.1 Å².